The first-order valence-corrected chi connectivity index (χ1v) is 9.76. The van der Waals surface area contributed by atoms with E-state index in [2.05, 4.69) is 13.8 Å². The highest BCUT2D eigenvalue weighted by Gasteiger charge is 2.64. The van der Waals surface area contributed by atoms with Gasteiger partial charge in [0.05, 0.1) is 6.10 Å². The van der Waals surface area contributed by atoms with E-state index in [0.717, 1.165) is 12.8 Å². The van der Waals surface area contributed by atoms with Crippen LogP contribution >= 0.6 is 0 Å². The van der Waals surface area contributed by atoms with Gasteiger partial charge in [-0.25, -0.2) is 4.39 Å². The van der Waals surface area contributed by atoms with E-state index in [0.29, 0.717) is 37.2 Å². The molecule has 0 amide bonds. The van der Waals surface area contributed by atoms with E-state index in [4.69, 9.17) is 0 Å². The second-order valence-corrected chi connectivity index (χ2v) is 9.50. The van der Waals surface area contributed by atoms with E-state index in [1.54, 1.807) is 6.92 Å². The molecule has 4 rings (SSSR count). The first-order valence-electron chi connectivity index (χ1n) is 9.76. The van der Waals surface area contributed by atoms with Crippen LogP contribution in [-0.2, 0) is 9.59 Å². The van der Waals surface area contributed by atoms with Gasteiger partial charge in [0.1, 0.15) is 12.0 Å². The minimum Gasteiger partial charge on any atom is -0.393 e. The predicted octanol–water partition coefficient (Wildman–Crippen LogP) is 3.64. The molecule has 0 aliphatic heterocycles. The Morgan fingerprint density at radius 3 is 2.72 bits per heavy atom. The maximum Gasteiger partial charge on any atom is 0.155 e. The van der Waals surface area contributed by atoms with Gasteiger partial charge in [-0.2, -0.15) is 0 Å². The highest BCUT2D eigenvalue weighted by Crippen LogP contribution is 2.66. The molecule has 1 N–H and O–H groups in total. The lowest BCUT2D eigenvalue weighted by atomic mass is 9.45. The van der Waals surface area contributed by atoms with Crippen LogP contribution in [0.4, 0.5) is 4.39 Å². The quantitative estimate of drug-likeness (QED) is 0.787. The molecule has 0 aromatic carbocycles. The number of fused-ring (bicyclic) bond motifs is 5. The fourth-order valence-electron chi connectivity index (χ4n) is 7.36. The first kappa shape index (κ1) is 17.4. The molecular formula is C21H29FO3. The SMILES string of the molecule is CC(=O)[C@H]1CC[C@H]2[C@@H]3C[C@H](F)C4=CC(=O)CC[C@]4(C)[C@H]3[C@@H](O)C[C@]12C. The van der Waals surface area contributed by atoms with Crippen molar-refractivity contribution in [3.8, 4) is 0 Å². The van der Waals surface area contributed by atoms with Gasteiger partial charge in [0.15, 0.2) is 5.78 Å². The fourth-order valence-corrected chi connectivity index (χ4v) is 7.36. The number of hydrogen-bond donors (Lipinski definition) is 1. The number of allylic oxidation sites excluding steroid dienone is 1. The average molecular weight is 348 g/mol. The van der Waals surface area contributed by atoms with Crippen molar-refractivity contribution in [2.75, 3.05) is 0 Å². The van der Waals surface area contributed by atoms with E-state index in [1.165, 1.54) is 6.08 Å². The van der Waals surface area contributed by atoms with E-state index in [9.17, 15) is 14.7 Å². The standard InChI is InChI=1S/C21H29FO3/c1-11(23)14-4-5-15-13-9-17(22)16-8-12(24)6-7-20(16,2)19(13)18(25)10-21(14,15)3/h8,13-15,17-19,25H,4-7,9-10H2,1-3H3/t13-,14+,15-,17-,18-,19+,20-,21+/m0/s1. The van der Waals surface area contributed by atoms with Crippen molar-refractivity contribution in [1.82, 2.24) is 0 Å². The monoisotopic (exact) mass is 348 g/mol. The third-order valence-electron chi connectivity index (χ3n) is 8.36. The summed E-state index contributed by atoms with van der Waals surface area (Å²) in [5, 5.41) is 11.1. The van der Waals surface area contributed by atoms with Crippen molar-refractivity contribution in [2.45, 2.75) is 71.6 Å². The van der Waals surface area contributed by atoms with Crippen LogP contribution in [0.2, 0.25) is 0 Å². The highest BCUT2D eigenvalue weighted by atomic mass is 19.1. The summed E-state index contributed by atoms with van der Waals surface area (Å²) in [5.74, 6) is 0.610. The second kappa shape index (κ2) is 5.48. The molecule has 25 heavy (non-hydrogen) atoms. The smallest absolute Gasteiger partial charge is 0.155 e. The number of aliphatic hydroxyl groups excluding tert-OH is 1. The van der Waals surface area contributed by atoms with Crippen LogP contribution in [0.15, 0.2) is 11.6 Å². The van der Waals surface area contributed by atoms with Crippen molar-refractivity contribution < 1.29 is 19.1 Å². The normalized spacial score (nSPS) is 52.0. The Balaban J connectivity index is 1.76. The third kappa shape index (κ3) is 2.25. The van der Waals surface area contributed by atoms with Gasteiger partial charge in [0, 0.05) is 12.3 Å². The zero-order valence-corrected chi connectivity index (χ0v) is 15.4. The van der Waals surface area contributed by atoms with Crippen LogP contribution in [0.1, 0.15) is 59.3 Å². The van der Waals surface area contributed by atoms with Gasteiger partial charge in [-0.15, -0.1) is 0 Å². The van der Waals surface area contributed by atoms with Gasteiger partial charge in [-0.1, -0.05) is 13.8 Å². The van der Waals surface area contributed by atoms with E-state index < -0.39 is 17.7 Å². The minimum absolute atomic E-state index is 0.00244. The Labute approximate surface area is 149 Å². The van der Waals surface area contributed by atoms with Crippen molar-refractivity contribution in [3.05, 3.63) is 11.6 Å². The van der Waals surface area contributed by atoms with Gasteiger partial charge in [-0.05, 0) is 79.3 Å². The topological polar surface area (TPSA) is 54.4 Å². The van der Waals surface area contributed by atoms with Crippen molar-refractivity contribution in [2.24, 2.45) is 34.5 Å². The summed E-state index contributed by atoms with van der Waals surface area (Å²) in [6.07, 6.45) is 3.81. The van der Waals surface area contributed by atoms with E-state index in [1.807, 2.05) is 0 Å². The highest BCUT2D eigenvalue weighted by molar-refractivity contribution is 5.92. The molecule has 3 fully saturated rings. The van der Waals surface area contributed by atoms with Crippen molar-refractivity contribution >= 4 is 11.6 Å². The molecule has 4 aliphatic carbocycles. The fraction of sp³-hybridized carbons (Fsp3) is 0.810. The molecule has 4 heteroatoms. The van der Waals surface area contributed by atoms with E-state index >= 15 is 4.39 Å². The summed E-state index contributed by atoms with van der Waals surface area (Å²) < 4.78 is 15.1. The summed E-state index contributed by atoms with van der Waals surface area (Å²) >= 11 is 0. The van der Waals surface area contributed by atoms with Crippen molar-refractivity contribution in [1.29, 1.82) is 0 Å². The maximum atomic E-state index is 15.1. The number of hydrogen-bond acceptors (Lipinski definition) is 3. The lowest BCUT2D eigenvalue weighted by Gasteiger charge is -2.60. The van der Waals surface area contributed by atoms with Crippen LogP contribution in [-0.4, -0.2) is 28.9 Å². The molecule has 3 saturated carbocycles. The van der Waals surface area contributed by atoms with Crippen LogP contribution in [0, 0.1) is 34.5 Å². The third-order valence-corrected chi connectivity index (χ3v) is 8.36. The zero-order chi connectivity index (χ0) is 18.1. The molecular weight excluding hydrogens is 319 g/mol. The molecule has 0 radical (unpaired) electrons. The van der Waals surface area contributed by atoms with Crippen molar-refractivity contribution in [3.63, 3.8) is 0 Å². The van der Waals surface area contributed by atoms with Gasteiger partial charge in [0.2, 0.25) is 0 Å². The summed E-state index contributed by atoms with van der Waals surface area (Å²) in [7, 11) is 0. The number of ketones is 2. The van der Waals surface area contributed by atoms with Gasteiger partial charge in [-0.3, -0.25) is 9.59 Å². The Hall–Kier alpha value is -1.03. The average Bonchev–Trinajstić information content (AvgIpc) is 2.85. The van der Waals surface area contributed by atoms with Gasteiger partial charge >= 0.3 is 0 Å². The molecule has 3 nitrogen and oxygen atoms in total. The van der Waals surface area contributed by atoms with Crippen LogP contribution in [0.3, 0.4) is 0 Å². The Morgan fingerprint density at radius 2 is 2.04 bits per heavy atom. The summed E-state index contributed by atoms with van der Waals surface area (Å²) in [4.78, 5) is 24.0. The Kier molecular flexibility index (Phi) is 3.81. The summed E-state index contributed by atoms with van der Waals surface area (Å²) in [6.45, 7) is 5.85. The Morgan fingerprint density at radius 1 is 1.32 bits per heavy atom. The Bertz CT molecular complexity index is 656. The molecule has 4 aliphatic rings. The molecule has 0 bridgehead atoms. The largest absolute Gasteiger partial charge is 0.393 e. The molecule has 0 spiro atoms. The number of halogens is 1. The lowest BCUT2D eigenvalue weighted by molar-refractivity contribution is -0.148. The molecule has 0 aromatic rings. The van der Waals surface area contributed by atoms with Crippen LogP contribution < -0.4 is 0 Å². The summed E-state index contributed by atoms with van der Waals surface area (Å²) in [6, 6.07) is 0. The summed E-state index contributed by atoms with van der Waals surface area (Å²) in [5.41, 5.74) is -0.0202. The van der Waals surface area contributed by atoms with Gasteiger partial charge < -0.3 is 5.11 Å². The first-order chi connectivity index (χ1) is 11.7. The number of rotatable bonds is 1. The zero-order valence-electron chi connectivity index (χ0n) is 15.4. The van der Waals surface area contributed by atoms with Crippen LogP contribution in [0.25, 0.3) is 0 Å². The molecule has 0 unspecified atom stereocenters. The predicted molar refractivity (Wildman–Crippen MR) is 92.5 cm³/mol. The van der Waals surface area contributed by atoms with Crippen LogP contribution in [0.5, 0.6) is 0 Å². The molecule has 8 atom stereocenters. The number of alkyl halides is 1. The maximum absolute atomic E-state index is 15.1. The lowest BCUT2D eigenvalue weighted by Crippen LogP contribution is -2.58. The molecule has 0 heterocycles. The van der Waals surface area contributed by atoms with E-state index in [-0.39, 0.29) is 34.7 Å². The molecule has 0 aromatic heterocycles. The number of carbonyl (C=O) groups is 2. The van der Waals surface area contributed by atoms with Gasteiger partial charge in [0.25, 0.3) is 0 Å². The molecule has 0 saturated heterocycles. The minimum atomic E-state index is -1.10. The number of Topliss-reactive ketones (excluding diaryl/α,β-unsaturated/α-hetero) is 1. The number of carbonyl (C=O) groups excluding carboxylic acids is 2. The number of aliphatic hydroxyl groups is 1. The second-order valence-electron chi connectivity index (χ2n) is 9.50. The molecule has 138 valence electrons.